The zero-order chi connectivity index (χ0) is 13.7. The predicted octanol–water partition coefficient (Wildman–Crippen LogP) is 1.48. The number of oxime groups is 1. The fraction of sp³-hybridized carbons (Fsp3) is 0.500. The van der Waals surface area contributed by atoms with Crippen LogP contribution in [0.5, 0.6) is 0 Å². The summed E-state index contributed by atoms with van der Waals surface area (Å²) in [6, 6.07) is 3.26. The van der Waals surface area contributed by atoms with Crippen molar-refractivity contribution in [2.24, 2.45) is 22.7 Å². The molecule has 1 amide bonds. The molecule has 1 rings (SSSR count). The maximum Gasteiger partial charge on any atom is 0.231 e. The van der Waals surface area contributed by atoms with Crippen LogP contribution in [0.4, 0.5) is 0 Å². The van der Waals surface area contributed by atoms with E-state index < -0.39 is 5.92 Å². The highest BCUT2D eigenvalue weighted by molar-refractivity contribution is 6.02. The molecule has 0 radical (unpaired) electrons. The summed E-state index contributed by atoms with van der Waals surface area (Å²) in [5.74, 6) is -0.444. The van der Waals surface area contributed by atoms with Gasteiger partial charge < -0.3 is 20.7 Å². The Kier molecular flexibility index (Phi) is 4.76. The summed E-state index contributed by atoms with van der Waals surface area (Å²) < 4.78 is 5.20. The molecule has 1 aromatic heterocycles. The van der Waals surface area contributed by atoms with Crippen molar-refractivity contribution in [3.63, 3.8) is 0 Å². The monoisotopic (exact) mass is 253 g/mol. The Hall–Kier alpha value is -1.98. The van der Waals surface area contributed by atoms with Crippen LogP contribution in [-0.2, 0) is 4.79 Å². The Morgan fingerprint density at radius 3 is 2.61 bits per heavy atom. The van der Waals surface area contributed by atoms with Gasteiger partial charge in [0.25, 0.3) is 0 Å². The first-order chi connectivity index (χ1) is 8.47. The van der Waals surface area contributed by atoms with E-state index >= 15 is 0 Å². The Morgan fingerprint density at radius 1 is 1.50 bits per heavy atom. The van der Waals surface area contributed by atoms with Crippen molar-refractivity contribution in [3.8, 4) is 0 Å². The second kappa shape index (κ2) is 6.09. The molecule has 2 unspecified atom stereocenters. The smallest absolute Gasteiger partial charge is 0.231 e. The molecule has 0 aliphatic carbocycles. The molecule has 0 fully saturated rings. The van der Waals surface area contributed by atoms with Gasteiger partial charge in [-0.05, 0) is 25.0 Å². The molecule has 0 spiro atoms. The number of carbonyl (C=O) groups is 1. The van der Waals surface area contributed by atoms with Crippen LogP contribution in [0.15, 0.2) is 28.0 Å². The summed E-state index contributed by atoms with van der Waals surface area (Å²) in [6.07, 6.45) is 1.54. The first-order valence-corrected chi connectivity index (χ1v) is 5.78. The summed E-state index contributed by atoms with van der Waals surface area (Å²) in [5.41, 5.74) is 5.53. The molecule has 0 saturated heterocycles. The van der Waals surface area contributed by atoms with E-state index in [4.69, 9.17) is 15.4 Å². The van der Waals surface area contributed by atoms with E-state index in [1.54, 1.807) is 25.3 Å². The number of nitrogens with zero attached hydrogens (tertiary/aromatic N) is 1. The van der Waals surface area contributed by atoms with Crippen LogP contribution in [0.1, 0.15) is 32.6 Å². The standard InChI is InChI=1S/C12H19N3O3/c1-7(2)10(11(13)15-17)12(16)14-8(3)9-5-4-6-18-9/h4-8,10,17H,1-3H3,(H2,13,15)(H,14,16). The molecular formula is C12H19N3O3. The van der Waals surface area contributed by atoms with E-state index in [9.17, 15) is 4.79 Å². The van der Waals surface area contributed by atoms with Gasteiger partial charge in [-0.15, -0.1) is 0 Å². The van der Waals surface area contributed by atoms with Crippen molar-refractivity contribution in [3.05, 3.63) is 24.2 Å². The quantitative estimate of drug-likeness (QED) is 0.320. The van der Waals surface area contributed by atoms with Crippen molar-refractivity contribution in [1.29, 1.82) is 0 Å². The number of furan rings is 1. The molecule has 100 valence electrons. The van der Waals surface area contributed by atoms with Gasteiger partial charge >= 0.3 is 0 Å². The number of hydrogen-bond acceptors (Lipinski definition) is 4. The predicted molar refractivity (Wildman–Crippen MR) is 67.0 cm³/mol. The summed E-state index contributed by atoms with van der Waals surface area (Å²) in [6.45, 7) is 5.47. The molecule has 1 aromatic rings. The number of rotatable bonds is 5. The third kappa shape index (κ3) is 3.26. The molecule has 6 heteroatoms. The Bertz CT molecular complexity index is 412. The molecule has 2 atom stereocenters. The molecule has 1 heterocycles. The third-order valence-corrected chi connectivity index (χ3v) is 2.71. The minimum Gasteiger partial charge on any atom is -0.467 e. The highest BCUT2D eigenvalue weighted by Gasteiger charge is 2.28. The minimum atomic E-state index is -0.660. The third-order valence-electron chi connectivity index (χ3n) is 2.71. The number of hydrogen-bond donors (Lipinski definition) is 3. The SMILES string of the molecule is CC(NC(=O)C(/C(N)=N/O)C(C)C)c1ccco1. The fourth-order valence-electron chi connectivity index (χ4n) is 1.75. The zero-order valence-electron chi connectivity index (χ0n) is 10.8. The molecular weight excluding hydrogens is 234 g/mol. The summed E-state index contributed by atoms with van der Waals surface area (Å²) in [5, 5.41) is 14.4. The molecule has 4 N–H and O–H groups in total. The molecule has 0 bridgehead atoms. The lowest BCUT2D eigenvalue weighted by atomic mass is 9.93. The van der Waals surface area contributed by atoms with Gasteiger partial charge in [-0.3, -0.25) is 4.79 Å². The fourth-order valence-corrected chi connectivity index (χ4v) is 1.75. The Labute approximate surface area is 106 Å². The second-order valence-corrected chi connectivity index (χ2v) is 4.49. The maximum absolute atomic E-state index is 12.1. The van der Waals surface area contributed by atoms with Crippen LogP contribution >= 0.6 is 0 Å². The van der Waals surface area contributed by atoms with E-state index in [2.05, 4.69) is 10.5 Å². The number of nitrogens with two attached hydrogens (primary N) is 1. The van der Waals surface area contributed by atoms with Gasteiger partial charge in [-0.25, -0.2) is 0 Å². The number of amides is 1. The average molecular weight is 253 g/mol. The Morgan fingerprint density at radius 2 is 2.17 bits per heavy atom. The van der Waals surface area contributed by atoms with Gasteiger partial charge in [0.2, 0.25) is 5.91 Å². The molecule has 18 heavy (non-hydrogen) atoms. The van der Waals surface area contributed by atoms with E-state index in [1.807, 2.05) is 13.8 Å². The second-order valence-electron chi connectivity index (χ2n) is 4.49. The summed E-state index contributed by atoms with van der Waals surface area (Å²) >= 11 is 0. The normalized spacial score (nSPS) is 15.4. The molecule has 0 aliphatic heterocycles. The minimum absolute atomic E-state index is 0.0651. The Balaban J connectivity index is 2.74. The van der Waals surface area contributed by atoms with E-state index in [0.717, 1.165) is 0 Å². The lowest BCUT2D eigenvalue weighted by Gasteiger charge is -2.21. The maximum atomic E-state index is 12.1. The van der Waals surface area contributed by atoms with Crippen LogP contribution in [0.2, 0.25) is 0 Å². The molecule has 6 nitrogen and oxygen atoms in total. The summed E-state index contributed by atoms with van der Waals surface area (Å²) in [4.78, 5) is 12.1. The van der Waals surface area contributed by atoms with Crippen molar-refractivity contribution in [1.82, 2.24) is 5.32 Å². The van der Waals surface area contributed by atoms with Crippen LogP contribution in [0, 0.1) is 11.8 Å². The summed E-state index contributed by atoms with van der Waals surface area (Å²) in [7, 11) is 0. The van der Waals surface area contributed by atoms with E-state index in [1.165, 1.54) is 0 Å². The zero-order valence-corrected chi connectivity index (χ0v) is 10.8. The number of carbonyl (C=O) groups excluding carboxylic acids is 1. The van der Waals surface area contributed by atoms with E-state index in [-0.39, 0.29) is 23.7 Å². The van der Waals surface area contributed by atoms with Crippen molar-refractivity contribution in [2.75, 3.05) is 0 Å². The van der Waals surface area contributed by atoms with Crippen LogP contribution in [-0.4, -0.2) is 17.0 Å². The first-order valence-electron chi connectivity index (χ1n) is 5.78. The van der Waals surface area contributed by atoms with Gasteiger partial charge in [0.15, 0.2) is 5.84 Å². The molecule has 0 aromatic carbocycles. The lowest BCUT2D eigenvalue weighted by Crippen LogP contribution is -2.42. The molecule has 0 aliphatic rings. The topological polar surface area (TPSA) is 101 Å². The average Bonchev–Trinajstić information content (AvgIpc) is 2.81. The lowest BCUT2D eigenvalue weighted by molar-refractivity contribution is -0.124. The van der Waals surface area contributed by atoms with Gasteiger partial charge in [-0.1, -0.05) is 19.0 Å². The number of amidine groups is 1. The first kappa shape index (κ1) is 14.1. The van der Waals surface area contributed by atoms with Crippen molar-refractivity contribution >= 4 is 11.7 Å². The van der Waals surface area contributed by atoms with Gasteiger partial charge in [0.05, 0.1) is 12.3 Å². The van der Waals surface area contributed by atoms with Crippen molar-refractivity contribution in [2.45, 2.75) is 26.8 Å². The molecule has 0 saturated carbocycles. The largest absolute Gasteiger partial charge is 0.467 e. The van der Waals surface area contributed by atoms with Gasteiger partial charge in [0.1, 0.15) is 11.7 Å². The van der Waals surface area contributed by atoms with Gasteiger partial charge in [0, 0.05) is 0 Å². The van der Waals surface area contributed by atoms with Crippen LogP contribution < -0.4 is 11.1 Å². The van der Waals surface area contributed by atoms with Crippen molar-refractivity contribution < 1.29 is 14.4 Å². The van der Waals surface area contributed by atoms with Crippen LogP contribution in [0.3, 0.4) is 0 Å². The highest BCUT2D eigenvalue weighted by Crippen LogP contribution is 2.16. The highest BCUT2D eigenvalue weighted by atomic mass is 16.4. The van der Waals surface area contributed by atoms with Gasteiger partial charge in [-0.2, -0.15) is 0 Å². The van der Waals surface area contributed by atoms with Crippen LogP contribution in [0.25, 0.3) is 0 Å². The number of nitrogens with one attached hydrogen (secondary N) is 1. The van der Waals surface area contributed by atoms with E-state index in [0.29, 0.717) is 5.76 Å².